The summed E-state index contributed by atoms with van der Waals surface area (Å²) in [4.78, 5) is 12.0. The van der Waals surface area contributed by atoms with E-state index in [4.69, 9.17) is 4.52 Å². The van der Waals surface area contributed by atoms with Crippen molar-refractivity contribution < 1.29 is 30.9 Å². The van der Waals surface area contributed by atoms with Gasteiger partial charge in [-0.2, -0.15) is 13.2 Å². The Labute approximate surface area is 179 Å². The van der Waals surface area contributed by atoms with Crippen LogP contribution in [-0.4, -0.2) is 37.1 Å². The van der Waals surface area contributed by atoms with Crippen LogP contribution in [0, 0.1) is 0 Å². The number of carbonyl (C=O) groups is 1. The third-order valence-electron chi connectivity index (χ3n) is 4.58. The highest BCUT2D eigenvalue weighted by Gasteiger charge is 2.43. The van der Waals surface area contributed by atoms with Gasteiger partial charge in [0.2, 0.25) is 0 Å². The topological polar surface area (TPSA) is 92.5 Å². The smallest absolute Gasteiger partial charge is 0.357 e. The number of halogens is 4. The second-order valence-electron chi connectivity index (χ2n) is 7.93. The van der Waals surface area contributed by atoms with E-state index in [1.165, 1.54) is 18.2 Å². The van der Waals surface area contributed by atoms with E-state index < -0.39 is 27.5 Å². The molecule has 0 atom stereocenters. The number of rotatable bonds is 3. The molecule has 0 saturated heterocycles. The van der Waals surface area contributed by atoms with Gasteiger partial charge in [0.1, 0.15) is 4.47 Å². The molecule has 0 spiro atoms. The van der Waals surface area contributed by atoms with Gasteiger partial charge < -0.3 is 9.42 Å². The molecule has 0 saturated carbocycles. The van der Waals surface area contributed by atoms with Crippen LogP contribution in [0.5, 0.6) is 0 Å². The quantitative estimate of drug-likeness (QED) is 0.675. The van der Waals surface area contributed by atoms with Gasteiger partial charge in [0.05, 0.1) is 4.90 Å². The fourth-order valence-electron chi connectivity index (χ4n) is 3.05. The van der Waals surface area contributed by atoms with Crippen LogP contribution in [0.25, 0.3) is 0 Å². The van der Waals surface area contributed by atoms with Crippen LogP contribution in [0.2, 0.25) is 0 Å². The van der Waals surface area contributed by atoms with Crippen molar-refractivity contribution in [2.24, 2.45) is 0 Å². The second-order valence-corrected chi connectivity index (χ2v) is 10.4. The first-order chi connectivity index (χ1) is 13.7. The predicted octanol–water partition coefficient (Wildman–Crippen LogP) is 3.98. The average Bonchev–Trinajstić information content (AvgIpc) is 2.99. The van der Waals surface area contributed by atoms with Crippen molar-refractivity contribution in [2.75, 3.05) is 11.3 Å². The standard InChI is InChI=1S/C18H19BrF3N3O4S/c1-17(2,3)14-13(19)15(23-29-14)24-30(27,28)12-5-4-10-6-7-25(9-11(10)8-12)16(26)18(20,21)22/h4-5,8H,6-7,9H2,1-3H3,(H,23,24). The summed E-state index contributed by atoms with van der Waals surface area (Å²) in [7, 11) is -4.10. The van der Waals surface area contributed by atoms with E-state index in [0.717, 1.165) is 0 Å². The summed E-state index contributed by atoms with van der Waals surface area (Å²) in [6, 6.07) is 4.17. The fourth-order valence-corrected chi connectivity index (χ4v) is 5.07. The van der Waals surface area contributed by atoms with Gasteiger partial charge in [0.25, 0.3) is 10.0 Å². The lowest BCUT2D eigenvalue weighted by atomic mass is 9.93. The zero-order valence-electron chi connectivity index (χ0n) is 16.3. The molecule has 0 unspecified atom stereocenters. The molecule has 3 rings (SSSR count). The van der Waals surface area contributed by atoms with Gasteiger partial charge in [-0.15, -0.1) is 0 Å². The first-order valence-corrected chi connectivity index (χ1v) is 11.1. The Morgan fingerprint density at radius 3 is 2.47 bits per heavy atom. The molecule has 1 aromatic carbocycles. The maximum absolute atomic E-state index is 12.8. The summed E-state index contributed by atoms with van der Waals surface area (Å²) in [5.74, 6) is -1.53. The summed E-state index contributed by atoms with van der Waals surface area (Å²) >= 11 is 3.28. The van der Waals surface area contributed by atoms with Crippen molar-refractivity contribution in [3.05, 3.63) is 39.6 Å². The molecule has 0 fully saturated rings. The lowest BCUT2D eigenvalue weighted by Crippen LogP contribution is -2.43. The molecule has 12 heteroatoms. The number of carbonyl (C=O) groups excluding carboxylic acids is 1. The van der Waals surface area contributed by atoms with Crippen LogP contribution in [0.4, 0.5) is 19.0 Å². The van der Waals surface area contributed by atoms with E-state index in [1.807, 2.05) is 20.8 Å². The van der Waals surface area contributed by atoms with Crippen molar-refractivity contribution in [1.82, 2.24) is 10.1 Å². The Morgan fingerprint density at radius 1 is 1.23 bits per heavy atom. The molecule has 1 aliphatic rings. The number of anilines is 1. The number of nitrogens with zero attached hydrogens (tertiary/aromatic N) is 2. The number of benzene rings is 1. The zero-order valence-corrected chi connectivity index (χ0v) is 18.7. The van der Waals surface area contributed by atoms with Crippen LogP contribution in [0.1, 0.15) is 37.7 Å². The molecule has 7 nitrogen and oxygen atoms in total. The van der Waals surface area contributed by atoms with Crippen LogP contribution < -0.4 is 4.72 Å². The number of nitrogens with one attached hydrogen (secondary N) is 1. The predicted molar refractivity (Wildman–Crippen MR) is 105 cm³/mol. The van der Waals surface area contributed by atoms with Gasteiger partial charge in [0, 0.05) is 18.5 Å². The molecule has 1 aliphatic heterocycles. The molecular weight excluding hydrogens is 491 g/mol. The normalized spacial score (nSPS) is 15.1. The van der Waals surface area contributed by atoms with Crippen molar-refractivity contribution in [2.45, 2.75) is 50.2 Å². The van der Waals surface area contributed by atoms with Crippen LogP contribution in [0.15, 0.2) is 32.1 Å². The number of fused-ring (bicyclic) bond motifs is 1. The molecular formula is C18H19BrF3N3O4S. The van der Waals surface area contributed by atoms with Crippen molar-refractivity contribution in [3.63, 3.8) is 0 Å². The van der Waals surface area contributed by atoms with E-state index in [9.17, 15) is 26.4 Å². The number of amides is 1. The fraction of sp³-hybridized carbons (Fsp3) is 0.444. The Hall–Kier alpha value is -2.08. The molecule has 0 aliphatic carbocycles. The molecule has 0 radical (unpaired) electrons. The second kappa shape index (κ2) is 7.56. The maximum atomic E-state index is 12.8. The Bertz CT molecular complexity index is 1090. The van der Waals surface area contributed by atoms with E-state index >= 15 is 0 Å². The maximum Gasteiger partial charge on any atom is 0.471 e. The zero-order chi connectivity index (χ0) is 22.5. The van der Waals surface area contributed by atoms with E-state index in [0.29, 0.717) is 26.3 Å². The first kappa shape index (κ1) is 22.6. The minimum atomic E-state index is -4.98. The van der Waals surface area contributed by atoms with Crippen LogP contribution in [-0.2, 0) is 33.2 Å². The summed E-state index contributed by atoms with van der Waals surface area (Å²) < 4.78 is 71.7. The lowest BCUT2D eigenvalue weighted by Gasteiger charge is -2.29. The highest BCUT2D eigenvalue weighted by Crippen LogP contribution is 2.36. The minimum absolute atomic E-state index is 0.0356. The number of hydrogen-bond donors (Lipinski definition) is 1. The van der Waals surface area contributed by atoms with E-state index in [1.54, 1.807) is 0 Å². The van der Waals surface area contributed by atoms with Gasteiger partial charge in [-0.25, -0.2) is 8.42 Å². The number of aromatic nitrogens is 1. The van der Waals surface area contributed by atoms with Crippen molar-refractivity contribution in [3.8, 4) is 0 Å². The van der Waals surface area contributed by atoms with E-state index in [2.05, 4.69) is 25.8 Å². The van der Waals surface area contributed by atoms with Crippen LogP contribution >= 0.6 is 15.9 Å². The summed E-state index contributed by atoms with van der Waals surface area (Å²) in [5, 5.41) is 3.75. The van der Waals surface area contributed by atoms with Gasteiger partial charge in [-0.3, -0.25) is 9.52 Å². The summed E-state index contributed by atoms with van der Waals surface area (Å²) in [6.07, 6.45) is -4.78. The van der Waals surface area contributed by atoms with E-state index in [-0.39, 0.29) is 30.2 Å². The molecule has 1 amide bonds. The first-order valence-electron chi connectivity index (χ1n) is 8.86. The number of alkyl halides is 3. The van der Waals surface area contributed by atoms with Crippen molar-refractivity contribution in [1.29, 1.82) is 0 Å². The molecule has 30 heavy (non-hydrogen) atoms. The van der Waals surface area contributed by atoms with Gasteiger partial charge in [-0.05, 0) is 45.6 Å². The molecule has 1 N–H and O–H groups in total. The SMILES string of the molecule is CC(C)(C)c1onc(NS(=O)(=O)c2ccc3c(c2)CN(C(=O)C(F)(F)F)CC3)c1Br. The number of hydrogen-bond acceptors (Lipinski definition) is 5. The Morgan fingerprint density at radius 2 is 1.90 bits per heavy atom. The monoisotopic (exact) mass is 509 g/mol. The van der Waals surface area contributed by atoms with Crippen molar-refractivity contribution >= 4 is 37.7 Å². The average molecular weight is 510 g/mol. The summed E-state index contributed by atoms with van der Waals surface area (Å²) in [5.41, 5.74) is 0.615. The summed E-state index contributed by atoms with van der Waals surface area (Å²) in [6.45, 7) is 5.20. The lowest BCUT2D eigenvalue weighted by molar-refractivity contribution is -0.186. The molecule has 0 bridgehead atoms. The minimum Gasteiger partial charge on any atom is -0.357 e. The molecule has 2 heterocycles. The molecule has 164 valence electrons. The molecule has 1 aromatic heterocycles. The Kier molecular flexibility index (Phi) is 5.69. The highest BCUT2D eigenvalue weighted by molar-refractivity contribution is 9.10. The van der Waals surface area contributed by atoms with Gasteiger partial charge in [-0.1, -0.05) is 32.0 Å². The van der Waals surface area contributed by atoms with Gasteiger partial charge in [0.15, 0.2) is 11.6 Å². The van der Waals surface area contributed by atoms with Crippen LogP contribution in [0.3, 0.4) is 0 Å². The number of sulfonamides is 1. The largest absolute Gasteiger partial charge is 0.471 e. The highest BCUT2D eigenvalue weighted by atomic mass is 79.9. The Balaban J connectivity index is 1.87. The van der Waals surface area contributed by atoms with Gasteiger partial charge >= 0.3 is 12.1 Å². The third kappa shape index (κ3) is 4.48. The molecule has 2 aromatic rings. The third-order valence-corrected chi connectivity index (χ3v) is 6.65.